The number of carboxylic acid groups (broad SMARTS) is 1. The number of ether oxygens (including phenoxy) is 2. The molecule has 0 unspecified atom stereocenters. The van der Waals surface area contributed by atoms with Crippen LogP contribution >= 0.6 is 0 Å². The molecule has 0 aliphatic carbocycles. The molecule has 1 aliphatic rings. The number of rotatable bonds is 5. The molecule has 7 heteroatoms. The van der Waals surface area contributed by atoms with E-state index in [1.165, 1.54) is 11.8 Å². The standard InChI is InChI=1S/C17H21NO6/c1-12(19)10-14-15(8-5-9-18(14)16(20)21)24-17(22)23-11-13-6-3-2-4-7-13/h2-4,6-7,14-15H,5,8-11H2,1H3,(H,20,21)/t14-,15+/m1/s1. The van der Waals surface area contributed by atoms with Crippen LogP contribution in [0.15, 0.2) is 30.3 Å². The van der Waals surface area contributed by atoms with Crippen LogP contribution in [0.3, 0.4) is 0 Å². The van der Waals surface area contributed by atoms with Gasteiger partial charge < -0.3 is 19.5 Å². The molecule has 0 bridgehead atoms. The van der Waals surface area contributed by atoms with E-state index < -0.39 is 24.4 Å². The monoisotopic (exact) mass is 335 g/mol. The van der Waals surface area contributed by atoms with Gasteiger partial charge in [-0.15, -0.1) is 0 Å². The first-order chi connectivity index (χ1) is 11.5. The molecule has 2 atom stereocenters. The average Bonchev–Trinajstić information content (AvgIpc) is 2.55. The highest BCUT2D eigenvalue weighted by molar-refractivity contribution is 5.77. The van der Waals surface area contributed by atoms with Gasteiger partial charge in [0, 0.05) is 13.0 Å². The van der Waals surface area contributed by atoms with Crippen LogP contribution < -0.4 is 0 Å². The Morgan fingerprint density at radius 3 is 2.58 bits per heavy atom. The minimum Gasteiger partial charge on any atom is -0.465 e. The number of amides is 1. The van der Waals surface area contributed by atoms with Crippen molar-refractivity contribution < 1.29 is 29.0 Å². The molecule has 1 aliphatic heterocycles. The fourth-order valence-corrected chi connectivity index (χ4v) is 2.81. The lowest BCUT2D eigenvalue weighted by Crippen LogP contribution is -2.52. The summed E-state index contributed by atoms with van der Waals surface area (Å²) in [7, 11) is 0. The van der Waals surface area contributed by atoms with Gasteiger partial charge in [-0.3, -0.25) is 4.79 Å². The molecule has 1 fully saturated rings. The van der Waals surface area contributed by atoms with E-state index in [4.69, 9.17) is 9.47 Å². The maximum absolute atomic E-state index is 11.9. The van der Waals surface area contributed by atoms with Crippen LogP contribution in [0, 0.1) is 0 Å². The van der Waals surface area contributed by atoms with Crippen LogP contribution in [0.4, 0.5) is 9.59 Å². The number of carbonyl (C=O) groups excluding carboxylic acids is 2. The van der Waals surface area contributed by atoms with Gasteiger partial charge in [-0.2, -0.15) is 0 Å². The van der Waals surface area contributed by atoms with Gasteiger partial charge in [0.1, 0.15) is 18.5 Å². The predicted molar refractivity (Wildman–Crippen MR) is 84.6 cm³/mol. The molecule has 1 saturated heterocycles. The summed E-state index contributed by atoms with van der Waals surface area (Å²) < 4.78 is 10.4. The molecule has 1 aromatic rings. The summed E-state index contributed by atoms with van der Waals surface area (Å²) in [5, 5.41) is 9.27. The fourth-order valence-electron chi connectivity index (χ4n) is 2.81. The molecule has 0 saturated carbocycles. The quantitative estimate of drug-likeness (QED) is 0.832. The summed E-state index contributed by atoms with van der Waals surface area (Å²) >= 11 is 0. The van der Waals surface area contributed by atoms with Gasteiger partial charge >= 0.3 is 12.2 Å². The highest BCUT2D eigenvalue weighted by Crippen LogP contribution is 2.24. The number of nitrogens with zero attached hydrogens (tertiary/aromatic N) is 1. The minimum absolute atomic E-state index is 0.0168. The van der Waals surface area contributed by atoms with Crippen molar-refractivity contribution in [2.75, 3.05) is 6.54 Å². The third-order valence-electron chi connectivity index (χ3n) is 3.91. The third kappa shape index (κ3) is 4.97. The maximum Gasteiger partial charge on any atom is 0.508 e. The Morgan fingerprint density at radius 2 is 1.96 bits per heavy atom. The lowest BCUT2D eigenvalue weighted by Gasteiger charge is -2.38. The molecule has 1 amide bonds. The second kappa shape index (κ2) is 8.33. The molecule has 1 heterocycles. The molecule has 24 heavy (non-hydrogen) atoms. The van der Waals surface area contributed by atoms with Crippen molar-refractivity contribution in [3.63, 3.8) is 0 Å². The first-order valence-corrected chi connectivity index (χ1v) is 7.83. The number of benzene rings is 1. The molecule has 130 valence electrons. The van der Waals surface area contributed by atoms with E-state index in [1.807, 2.05) is 30.3 Å². The first-order valence-electron chi connectivity index (χ1n) is 7.83. The zero-order valence-electron chi connectivity index (χ0n) is 13.5. The summed E-state index contributed by atoms with van der Waals surface area (Å²) in [5.74, 6) is -0.153. The minimum atomic E-state index is -1.12. The van der Waals surface area contributed by atoms with Crippen LogP contribution in [0.2, 0.25) is 0 Å². The average molecular weight is 335 g/mol. The topological polar surface area (TPSA) is 93.1 Å². The zero-order chi connectivity index (χ0) is 17.5. The van der Waals surface area contributed by atoms with Crippen LogP contribution in [-0.2, 0) is 20.9 Å². The van der Waals surface area contributed by atoms with E-state index in [9.17, 15) is 19.5 Å². The Hall–Kier alpha value is -2.57. The Bertz CT molecular complexity index is 588. The molecular formula is C17H21NO6. The number of piperidine rings is 1. The predicted octanol–water partition coefficient (Wildman–Crippen LogP) is 2.83. The van der Waals surface area contributed by atoms with Gasteiger partial charge in [0.05, 0.1) is 6.04 Å². The van der Waals surface area contributed by atoms with Gasteiger partial charge in [-0.05, 0) is 25.3 Å². The summed E-state index contributed by atoms with van der Waals surface area (Å²) in [5.41, 5.74) is 0.825. The number of ketones is 1. The van der Waals surface area contributed by atoms with E-state index in [1.54, 1.807) is 0 Å². The fraction of sp³-hybridized carbons (Fsp3) is 0.471. The highest BCUT2D eigenvalue weighted by atomic mass is 16.7. The summed E-state index contributed by atoms with van der Waals surface area (Å²) in [4.78, 5) is 35.8. The second-order valence-corrected chi connectivity index (χ2v) is 5.77. The largest absolute Gasteiger partial charge is 0.508 e. The third-order valence-corrected chi connectivity index (χ3v) is 3.91. The number of likely N-dealkylation sites (tertiary alicyclic amines) is 1. The van der Waals surface area contributed by atoms with E-state index in [0.717, 1.165) is 5.56 Å². The van der Waals surface area contributed by atoms with Crippen molar-refractivity contribution in [3.8, 4) is 0 Å². The van der Waals surface area contributed by atoms with E-state index >= 15 is 0 Å². The van der Waals surface area contributed by atoms with Gasteiger partial charge in [0.25, 0.3) is 0 Å². The molecule has 0 aromatic heterocycles. The van der Waals surface area contributed by atoms with E-state index in [0.29, 0.717) is 19.4 Å². The van der Waals surface area contributed by atoms with Crippen molar-refractivity contribution in [1.29, 1.82) is 0 Å². The number of hydrogen-bond acceptors (Lipinski definition) is 5. The Kier molecular flexibility index (Phi) is 6.17. The van der Waals surface area contributed by atoms with Crippen molar-refractivity contribution in [2.45, 2.75) is 44.9 Å². The number of Topliss-reactive ketones (excluding diaryl/α,β-unsaturated/α-hetero) is 1. The summed E-state index contributed by atoms with van der Waals surface area (Å²) in [6.45, 7) is 1.79. The number of hydrogen-bond donors (Lipinski definition) is 1. The SMILES string of the molecule is CC(=O)C[C@@H]1[C@@H](OC(=O)OCc2ccccc2)CCCN1C(=O)O. The molecule has 0 spiro atoms. The molecule has 7 nitrogen and oxygen atoms in total. The molecule has 1 N–H and O–H groups in total. The normalized spacial score (nSPS) is 20.3. The Labute approximate surface area is 140 Å². The van der Waals surface area contributed by atoms with E-state index in [2.05, 4.69) is 0 Å². The number of carbonyl (C=O) groups is 3. The zero-order valence-corrected chi connectivity index (χ0v) is 13.5. The van der Waals surface area contributed by atoms with Gasteiger partial charge in [-0.1, -0.05) is 30.3 Å². The van der Waals surface area contributed by atoms with Crippen LogP contribution in [0.25, 0.3) is 0 Å². The lowest BCUT2D eigenvalue weighted by molar-refractivity contribution is -0.120. The van der Waals surface area contributed by atoms with E-state index in [-0.39, 0.29) is 18.8 Å². The van der Waals surface area contributed by atoms with Crippen molar-refractivity contribution in [1.82, 2.24) is 4.90 Å². The Morgan fingerprint density at radius 1 is 1.25 bits per heavy atom. The van der Waals surface area contributed by atoms with Gasteiger partial charge in [-0.25, -0.2) is 9.59 Å². The molecule has 2 rings (SSSR count). The lowest BCUT2D eigenvalue weighted by atomic mass is 9.95. The maximum atomic E-state index is 11.9. The molecule has 0 radical (unpaired) electrons. The highest BCUT2D eigenvalue weighted by Gasteiger charge is 2.37. The van der Waals surface area contributed by atoms with Crippen LogP contribution in [-0.4, -0.2) is 46.7 Å². The van der Waals surface area contributed by atoms with Crippen molar-refractivity contribution in [2.24, 2.45) is 0 Å². The van der Waals surface area contributed by atoms with Crippen LogP contribution in [0.1, 0.15) is 31.7 Å². The van der Waals surface area contributed by atoms with Crippen LogP contribution in [0.5, 0.6) is 0 Å². The summed E-state index contributed by atoms with van der Waals surface area (Å²) in [6.07, 6.45) is -1.57. The smallest absolute Gasteiger partial charge is 0.465 e. The molecule has 1 aromatic carbocycles. The Balaban J connectivity index is 1.95. The second-order valence-electron chi connectivity index (χ2n) is 5.77. The van der Waals surface area contributed by atoms with Crippen molar-refractivity contribution >= 4 is 18.0 Å². The van der Waals surface area contributed by atoms with Crippen molar-refractivity contribution in [3.05, 3.63) is 35.9 Å². The van der Waals surface area contributed by atoms with Gasteiger partial charge in [0.15, 0.2) is 0 Å². The van der Waals surface area contributed by atoms with Gasteiger partial charge in [0.2, 0.25) is 0 Å². The summed E-state index contributed by atoms with van der Waals surface area (Å²) in [6, 6.07) is 8.49. The molecular weight excluding hydrogens is 314 g/mol. The first kappa shape index (κ1) is 17.8.